The molecule has 25 heavy (non-hydrogen) atoms. The van der Waals surface area contributed by atoms with Gasteiger partial charge in [-0.15, -0.1) is 0 Å². The van der Waals surface area contributed by atoms with Crippen molar-refractivity contribution in [3.63, 3.8) is 0 Å². The molecule has 1 aromatic rings. The van der Waals surface area contributed by atoms with Crippen molar-refractivity contribution in [2.24, 2.45) is 0 Å². The lowest BCUT2D eigenvalue weighted by molar-refractivity contribution is -0.139. The first-order valence-electron chi connectivity index (χ1n) is 7.31. The number of carboxylic acid groups (broad SMARTS) is 1. The van der Waals surface area contributed by atoms with E-state index in [1.165, 1.54) is 45.0 Å². The minimum atomic E-state index is -1.11. The Bertz CT molecular complexity index is 622. The Balaban J connectivity index is 3.13. The molecule has 0 heterocycles. The number of rotatable bonds is 9. The summed E-state index contributed by atoms with van der Waals surface area (Å²) in [6.07, 6.45) is 2.15. The highest BCUT2D eigenvalue weighted by Gasteiger charge is 2.23. The van der Waals surface area contributed by atoms with Crippen molar-refractivity contribution in [3.05, 3.63) is 17.7 Å². The van der Waals surface area contributed by atoms with E-state index in [0.717, 1.165) is 0 Å². The van der Waals surface area contributed by atoms with Crippen molar-refractivity contribution >= 4 is 29.6 Å². The summed E-state index contributed by atoms with van der Waals surface area (Å²) in [6.45, 7) is 1.22. The van der Waals surface area contributed by atoms with Gasteiger partial charge in [-0.05, 0) is 30.6 Å². The van der Waals surface area contributed by atoms with Gasteiger partial charge in [-0.2, -0.15) is 11.8 Å². The number of esters is 1. The Morgan fingerprint density at radius 1 is 1.20 bits per heavy atom. The highest BCUT2D eigenvalue weighted by Crippen LogP contribution is 2.38. The lowest BCUT2D eigenvalue weighted by atomic mass is 10.1. The van der Waals surface area contributed by atoms with E-state index in [4.69, 9.17) is 14.2 Å². The average Bonchev–Trinajstić information content (AvgIpc) is 2.57. The fraction of sp³-hybridized carbons (Fsp3) is 0.438. The first-order valence-corrected chi connectivity index (χ1v) is 8.70. The SMILES string of the molecule is COc1cc(C(=O)N[C@@H](CCSC)C(=O)O)cc(OC)c1OC(C)=O. The molecule has 1 aromatic carbocycles. The van der Waals surface area contributed by atoms with Crippen molar-refractivity contribution in [1.82, 2.24) is 5.32 Å². The Morgan fingerprint density at radius 3 is 2.16 bits per heavy atom. The first kappa shape index (κ1) is 20.6. The van der Waals surface area contributed by atoms with E-state index in [2.05, 4.69) is 5.32 Å². The second-order valence-corrected chi connectivity index (χ2v) is 5.93. The van der Waals surface area contributed by atoms with Crippen molar-refractivity contribution in [3.8, 4) is 17.2 Å². The van der Waals surface area contributed by atoms with Gasteiger partial charge in [0.15, 0.2) is 11.5 Å². The van der Waals surface area contributed by atoms with Crippen LogP contribution in [0.15, 0.2) is 12.1 Å². The lowest BCUT2D eigenvalue weighted by Gasteiger charge is -2.16. The fourth-order valence-corrected chi connectivity index (χ4v) is 2.46. The molecule has 0 aliphatic carbocycles. The molecule has 0 bridgehead atoms. The standard InChI is InChI=1S/C16H21NO7S/c1-9(18)24-14-12(22-2)7-10(8-13(14)23-3)15(19)17-11(16(20)21)5-6-25-4/h7-8,11H,5-6H2,1-4H3,(H,17,19)(H,20,21)/t11-/m0/s1. The van der Waals surface area contributed by atoms with Gasteiger partial charge in [0, 0.05) is 12.5 Å². The van der Waals surface area contributed by atoms with Crippen LogP contribution >= 0.6 is 11.8 Å². The topological polar surface area (TPSA) is 111 Å². The van der Waals surface area contributed by atoms with Gasteiger partial charge < -0.3 is 24.6 Å². The number of carbonyl (C=O) groups excluding carboxylic acids is 2. The predicted molar refractivity (Wildman–Crippen MR) is 92.7 cm³/mol. The second kappa shape index (κ2) is 9.77. The quantitative estimate of drug-likeness (QED) is 0.497. The summed E-state index contributed by atoms with van der Waals surface area (Å²) in [7, 11) is 2.70. The highest BCUT2D eigenvalue weighted by atomic mass is 32.2. The maximum Gasteiger partial charge on any atom is 0.326 e. The molecule has 8 nitrogen and oxygen atoms in total. The maximum atomic E-state index is 12.4. The predicted octanol–water partition coefficient (Wildman–Crippen LogP) is 1.57. The molecule has 0 unspecified atom stereocenters. The van der Waals surface area contributed by atoms with E-state index < -0.39 is 23.9 Å². The van der Waals surface area contributed by atoms with E-state index in [0.29, 0.717) is 12.2 Å². The largest absolute Gasteiger partial charge is 0.493 e. The molecule has 0 aromatic heterocycles. The molecule has 0 fully saturated rings. The van der Waals surface area contributed by atoms with E-state index in [-0.39, 0.29) is 22.8 Å². The third kappa shape index (κ3) is 5.86. The summed E-state index contributed by atoms with van der Waals surface area (Å²) in [5.74, 6) is -1.40. The number of thioether (sulfide) groups is 1. The number of ether oxygens (including phenoxy) is 3. The number of nitrogens with one attached hydrogen (secondary N) is 1. The average molecular weight is 371 g/mol. The summed E-state index contributed by atoms with van der Waals surface area (Å²) in [6, 6.07) is 1.69. The highest BCUT2D eigenvalue weighted by molar-refractivity contribution is 7.98. The normalized spacial score (nSPS) is 11.4. The summed E-state index contributed by atoms with van der Waals surface area (Å²) in [5.41, 5.74) is 0.125. The molecular weight excluding hydrogens is 350 g/mol. The van der Waals surface area contributed by atoms with Crippen LogP contribution in [-0.4, -0.2) is 55.2 Å². The van der Waals surface area contributed by atoms with Crippen LogP contribution in [0.5, 0.6) is 17.2 Å². The first-order chi connectivity index (χ1) is 11.8. The van der Waals surface area contributed by atoms with Crippen LogP contribution < -0.4 is 19.5 Å². The smallest absolute Gasteiger partial charge is 0.326 e. The van der Waals surface area contributed by atoms with Gasteiger partial charge in [0.05, 0.1) is 14.2 Å². The van der Waals surface area contributed by atoms with Gasteiger partial charge in [-0.1, -0.05) is 0 Å². The summed E-state index contributed by atoms with van der Waals surface area (Å²) < 4.78 is 15.3. The second-order valence-electron chi connectivity index (χ2n) is 4.95. The molecule has 1 atom stereocenters. The zero-order valence-electron chi connectivity index (χ0n) is 14.5. The number of hydrogen-bond acceptors (Lipinski definition) is 7. The summed E-state index contributed by atoms with van der Waals surface area (Å²) in [4.78, 5) is 34.9. The molecule has 0 radical (unpaired) electrons. The lowest BCUT2D eigenvalue weighted by Crippen LogP contribution is -2.41. The summed E-state index contributed by atoms with van der Waals surface area (Å²) in [5, 5.41) is 11.7. The number of benzene rings is 1. The van der Waals surface area contributed by atoms with Gasteiger partial charge in [0.1, 0.15) is 6.04 Å². The number of hydrogen-bond donors (Lipinski definition) is 2. The van der Waals surface area contributed by atoms with Crippen LogP contribution in [0.1, 0.15) is 23.7 Å². The molecule has 1 amide bonds. The van der Waals surface area contributed by atoms with E-state index in [9.17, 15) is 19.5 Å². The molecule has 9 heteroatoms. The van der Waals surface area contributed by atoms with Crippen LogP contribution in [0.3, 0.4) is 0 Å². The Morgan fingerprint density at radius 2 is 1.76 bits per heavy atom. The van der Waals surface area contributed by atoms with Gasteiger partial charge in [0.25, 0.3) is 5.91 Å². The third-order valence-corrected chi connectivity index (χ3v) is 3.83. The molecule has 0 saturated heterocycles. The molecule has 0 saturated carbocycles. The number of carboxylic acids is 1. The molecule has 2 N–H and O–H groups in total. The minimum Gasteiger partial charge on any atom is -0.493 e. The minimum absolute atomic E-state index is 0.0474. The van der Waals surface area contributed by atoms with Crippen LogP contribution in [0.2, 0.25) is 0 Å². The summed E-state index contributed by atoms with van der Waals surface area (Å²) >= 11 is 1.49. The van der Waals surface area contributed by atoms with Crippen molar-refractivity contribution in [2.75, 3.05) is 26.2 Å². The van der Waals surface area contributed by atoms with Crippen LogP contribution in [0, 0.1) is 0 Å². The zero-order chi connectivity index (χ0) is 19.0. The molecule has 0 aliphatic rings. The van der Waals surface area contributed by atoms with Crippen LogP contribution in [0.25, 0.3) is 0 Å². The van der Waals surface area contributed by atoms with E-state index >= 15 is 0 Å². The number of amides is 1. The maximum absolute atomic E-state index is 12.4. The van der Waals surface area contributed by atoms with Crippen molar-refractivity contribution in [1.29, 1.82) is 0 Å². The third-order valence-electron chi connectivity index (χ3n) is 3.18. The number of carbonyl (C=O) groups is 3. The van der Waals surface area contributed by atoms with Crippen LogP contribution in [-0.2, 0) is 9.59 Å². The number of methoxy groups -OCH3 is 2. The number of aliphatic carboxylic acids is 1. The van der Waals surface area contributed by atoms with Gasteiger partial charge in [-0.3, -0.25) is 9.59 Å². The van der Waals surface area contributed by atoms with Crippen molar-refractivity contribution in [2.45, 2.75) is 19.4 Å². The molecule has 0 spiro atoms. The Labute approximate surface area is 149 Å². The van der Waals surface area contributed by atoms with Gasteiger partial charge in [0.2, 0.25) is 5.75 Å². The van der Waals surface area contributed by atoms with Crippen molar-refractivity contribution < 1.29 is 33.7 Å². The Hall–Kier alpha value is -2.42. The molecular formula is C16H21NO7S. The molecule has 1 rings (SSSR count). The van der Waals surface area contributed by atoms with Crippen LogP contribution in [0.4, 0.5) is 0 Å². The van der Waals surface area contributed by atoms with E-state index in [1.807, 2.05) is 6.26 Å². The molecule has 138 valence electrons. The Kier molecular flexibility index (Phi) is 8.06. The zero-order valence-corrected chi connectivity index (χ0v) is 15.3. The van der Waals surface area contributed by atoms with E-state index in [1.54, 1.807) is 0 Å². The van der Waals surface area contributed by atoms with Gasteiger partial charge >= 0.3 is 11.9 Å². The fourth-order valence-electron chi connectivity index (χ4n) is 1.99. The molecule has 0 aliphatic heterocycles. The van der Waals surface area contributed by atoms with Gasteiger partial charge in [-0.25, -0.2) is 4.79 Å². The monoisotopic (exact) mass is 371 g/mol.